The largest absolute Gasteiger partial charge is 0.342 e. The second kappa shape index (κ2) is 8.63. The summed E-state index contributed by atoms with van der Waals surface area (Å²) in [5.74, 6) is 0.654. The van der Waals surface area contributed by atoms with Gasteiger partial charge in [0.25, 0.3) is 0 Å². The molecule has 0 aliphatic carbocycles. The predicted molar refractivity (Wildman–Crippen MR) is 108 cm³/mol. The van der Waals surface area contributed by atoms with E-state index in [1.54, 1.807) is 22.7 Å². The zero-order valence-corrected chi connectivity index (χ0v) is 16.9. The Balaban J connectivity index is 1.28. The van der Waals surface area contributed by atoms with Gasteiger partial charge in [0.05, 0.1) is 5.69 Å². The molecule has 2 fully saturated rings. The van der Waals surface area contributed by atoms with E-state index in [2.05, 4.69) is 32.0 Å². The van der Waals surface area contributed by atoms with Crippen LogP contribution in [0.2, 0.25) is 0 Å². The van der Waals surface area contributed by atoms with Crippen LogP contribution in [-0.4, -0.2) is 46.9 Å². The first-order chi connectivity index (χ1) is 12.8. The van der Waals surface area contributed by atoms with Crippen LogP contribution in [0.3, 0.4) is 0 Å². The molecule has 2 aliphatic heterocycles. The summed E-state index contributed by atoms with van der Waals surface area (Å²) in [4.78, 5) is 22.2. The normalized spacial score (nSPS) is 20.2. The minimum atomic E-state index is 0.237. The quantitative estimate of drug-likeness (QED) is 0.773. The Hall–Kier alpha value is -1.24. The highest BCUT2D eigenvalue weighted by molar-refractivity contribution is 7.14. The third-order valence-corrected chi connectivity index (χ3v) is 7.18. The summed E-state index contributed by atoms with van der Waals surface area (Å²) < 4.78 is 0. The molecule has 2 aromatic rings. The fraction of sp³-hybridized carbons (Fsp3) is 0.600. The topological polar surface area (TPSA) is 36.4 Å². The fourth-order valence-corrected chi connectivity index (χ4v) is 5.54. The van der Waals surface area contributed by atoms with Crippen LogP contribution in [0.5, 0.6) is 0 Å². The lowest BCUT2D eigenvalue weighted by Crippen LogP contribution is -2.42. The highest BCUT2D eigenvalue weighted by Gasteiger charge is 2.29. The van der Waals surface area contributed by atoms with Crippen molar-refractivity contribution in [3.8, 4) is 10.6 Å². The van der Waals surface area contributed by atoms with E-state index >= 15 is 0 Å². The van der Waals surface area contributed by atoms with Crippen molar-refractivity contribution in [1.82, 2.24) is 14.8 Å². The Morgan fingerprint density at radius 2 is 1.85 bits per heavy atom. The number of piperidine rings is 1. The van der Waals surface area contributed by atoms with Gasteiger partial charge < -0.3 is 4.90 Å². The number of thiophene rings is 1. The molecule has 0 unspecified atom stereocenters. The second-order valence-corrected chi connectivity index (χ2v) is 9.08. The van der Waals surface area contributed by atoms with Gasteiger partial charge in [-0.25, -0.2) is 4.98 Å². The summed E-state index contributed by atoms with van der Waals surface area (Å²) in [7, 11) is 0. The predicted octanol–water partition coefficient (Wildman–Crippen LogP) is 4.49. The smallest absolute Gasteiger partial charge is 0.225 e. The summed E-state index contributed by atoms with van der Waals surface area (Å²) in [6.45, 7) is 4.88. The van der Waals surface area contributed by atoms with E-state index in [1.165, 1.54) is 31.2 Å². The maximum Gasteiger partial charge on any atom is 0.225 e. The molecule has 0 spiro atoms. The van der Waals surface area contributed by atoms with E-state index in [-0.39, 0.29) is 5.92 Å². The highest BCUT2D eigenvalue weighted by Crippen LogP contribution is 2.27. The van der Waals surface area contributed by atoms with E-state index in [0.717, 1.165) is 56.3 Å². The van der Waals surface area contributed by atoms with E-state index in [9.17, 15) is 4.79 Å². The number of hydrogen-bond donors (Lipinski definition) is 0. The highest BCUT2D eigenvalue weighted by atomic mass is 32.1. The molecule has 2 saturated heterocycles. The summed E-state index contributed by atoms with van der Waals surface area (Å²) >= 11 is 3.45. The van der Waals surface area contributed by atoms with Crippen LogP contribution in [-0.2, 0) is 11.3 Å². The molecule has 0 saturated carbocycles. The number of rotatable bonds is 4. The first-order valence-electron chi connectivity index (χ1n) is 9.78. The molecule has 6 heteroatoms. The number of hydrogen-bond acceptors (Lipinski definition) is 5. The summed E-state index contributed by atoms with van der Waals surface area (Å²) in [6.07, 6.45) is 6.92. The van der Waals surface area contributed by atoms with Crippen molar-refractivity contribution < 1.29 is 4.79 Å². The number of nitrogens with zero attached hydrogens (tertiary/aromatic N) is 3. The Bertz CT molecular complexity index is 696. The Kier molecular flexibility index (Phi) is 6.02. The molecule has 0 bridgehead atoms. The molecule has 4 rings (SSSR count). The van der Waals surface area contributed by atoms with E-state index < -0.39 is 0 Å². The molecule has 1 amide bonds. The van der Waals surface area contributed by atoms with Gasteiger partial charge in [-0.3, -0.25) is 9.69 Å². The molecule has 0 radical (unpaired) electrons. The zero-order chi connectivity index (χ0) is 17.8. The number of amides is 1. The van der Waals surface area contributed by atoms with E-state index in [1.807, 2.05) is 0 Å². The van der Waals surface area contributed by atoms with Crippen LogP contribution < -0.4 is 0 Å². The van der Waals surface area contributed by atoms with Crippen molar-refractivity contribution in [2.45, 2.75) is 45.1 Å². The molecular weight excluding hydrogens is 362 g/mol. The van der Waals surface area contributed by atoms with Gasteiger partial charge in [-0.2, -0.15) is 11.3 Å². The van der Waals surface area contributed by atoms with Crippen molar-refractivity contribution in [2.24, 2.45) is 5.92 Å². The first-order valence-corrected chi connectivity index (χ1v) is 11.6. The van der Waals surface area contributed by atoms with Gasteiger partial charge in [0.2, 0.25) is 5.91 Å². The Morgan fingerprint density at radius 3 is 2.54 bits per heavy atom. The average molecular weight is 390 g/mol. The number of likely N-dealkylation sites (tertiary alicyclic amines) is 2. The SMILES string of the molecule is O=C(C1CCN(Cc2csc(-c3ccsc3)n2)CC1)N1CCCCCC1. The summed E-state index contributed by atoms with van der Waals surface area (Å²) in [6, 6.07) is 2.13. The van der Waals surface area contributed by atoms with Gasteiger partial charge in [0.15, 0.2) is 0 Å². The van der Waals surface area contributed by atoms with Crippen LogP contribution in [0.25, 0.3) is 10.6 Å². The zero-order valence-electron chi connectivity index (χ0n) is 15.2. The van der Waals surface area contributed by atoms with Crippen LogP contribution in [0.1, 0.15) is 44.2 Å². The molecule has 140 valence electrons. The van der Waals surface area contributed by atoms with E-state index in [4.69, 9.17) is 4.98 Å². The third kappa shape index (κ3) is 4.35. The molecule has 0 aromatic carbocycles. The van der Waals surface area contributed by atoms with Crippen LogP contribution >= 0.6 is 22.7 Å². The molecule has 4 nitrogen and oxygen atoms in total. The lowest BCUT2D eigenvalue weighted by Gasteiger charge is -2.33. The molecule has 0 atom stereocenters. The van der Waals surface area contributed by atoms with Crippen molar-refractivity contribution in [3.63, 3.8) is 0 Å². The van der Waals surface area contributed by atoms with Crippen molar-refractivity contribution in [2.75, 3.05) is 26.2 Å². The third-order valence-electron chi connectivity index (χ3n) is 5.56. The Labute approximate surface area is 163 Å². The lowest BCUT2D eigenvalue weighted by molar-refractivity contribution is -0.137. The molecule has 26 heavy (non-hydrogen) atoms. The maximum atomic E-state index is 12.8. The van der Waals surface area contributed by atoms with Gasteiger partial charge in [-0.15, -0.1) is 11.3 Å². The van der Waals surface area contributed by atoms with Crippen molar-refractivity contribution in [3.05, 3.63) is 27.9 Å². The average Bonchev–Trinajstić information content (AvgIpc) is 3.28. The van der Waals surface area contributed by atoms with E-state index in [0.29, 0.717) is 5.91 Å². The van der Waals surface area contributed by atoms with Gasteiger partial charge in [0, 0.05) is 41.9 Å². The standard InChI is InChI=1S/C20H27N3OS2/c24-20(23-8-3-1-2-4-9-23)16-5-10-22(11-6-16)13-18-15-26-19(21-18)17-7-12-25-14-17/h7,12,14-16H,1-6,8-11,13H2. The molecule has 4 heterocycles. The number of thiazole rings is 1. The molecule has 2 aliphatic rings. The number of carbonyl (C=O) groups excluding carboxylic acids is 1. The van der Waals surface area contributed by atoms with Gasteiger partial charge in [0.1, 0.15) is 5.01 Å². The van der Waals surface area contributed by atoms with Crippen LogP contribution in [0, 0.1) is 5.92 Å². The summed E-state index contributed by atoms with van der Waals surface area (Å²) in [5, 5.41) is 7.56. The monoisotopic (exact) mass is 389 g/mol. The first kappa shape index (κ1) is 18.1. The maximum absolute atomic E-state index is 12.8. The minimum Gasteiger partial charge on any atom is -0.342 e. The molecular formula is C20H27N3OS2. The molecule has 0 N–H and O–H groups in total. The van der Waals surface area contributed by atoms with Gasteiger partial charge >= 0.3 is 0 Å². The second-order valence-electron chi connectivity index (χ2n) is 7.45. The van der Waals surface area contributed by atoms with Crippen molar-refractivity contribution >= 4 is 28.6 Å². The van der Waals surface area contributed by atoms with Gasteiger partial charge in [-0.1, -0.05) is 12.8 Å². The molecule has 2 aromatic heterocycles. The summed E-state index contributed by atoms with van der Waals surface area (Å²) in [5.41, 5.74) is 2.39. The fourth-order valence-electron chi connectivity index (χ4n) is 4.01. The lowest BCUT2D eigenvalue weighted by atomic mass is 9.95. The van der Waals surface area contributed by atoms with Crippen LogP contribution in [0.15, 0.2) is 22.2 Å². The number of carbonyl (C=O) groups is 1. The van der Waals surface area contributed by atoms with Crippen molar-refractivity contribution in [1.29, 1.82) is 0 Å². The van der Waals surface area contributed by atoms with Gasteiger partial charge in [-0.05, 0) is 50.2 Å². The Morgan fingerprint density at radius 1 is 1.08 bits per heavy atom. The van der Waals surface area contributed by atoms with Crippen LogP contribution in [0.4, 0.5) is 0 Å². The minimum absolute atomic E-state index is 0.237. The number of aromatic nitrogens is 1.